The Balaban J connectivity index is 1.41. The zero-order valence-corrected chi connectivity index (χ0v) is 22.5. The topological polar surface area (TPSA) is 77.5 Å². The van der Waals surface area contributed by atoms with E-state index in [9.17, 15) is 14.0 Å². The molecule has 1 aromatic heterocycles. The number of allylic oxidation sites excluding steroid dienone is 1. The molecule has 1 aliphatic heterocycles. The predicted octanol–water partition coefficient (Wildman–Crippen LogP) is 6.27. The molecule has 0 bridgehead atoms. The van der Waals surface area contributed by atoms with Crippen molar-refractivity contribution in [3.63, 3.8) is 0 Å². The summed E-state index contributed by atoms with van der Waals surface area (Å²) in [5.74, 6) is 0.332. The molecule has 7 atom stereocenters. The first kappa shape index (κ1) is 26.4. The molecular weight excluding hydrogens is 483 g/mol. The summed E-state index contributed by atoms with van der Waals surface area (Å²) in [6.45, 7) is 8.54. The van der Waals surface area contributed by atoms with E-state index in [4.69, 9.17) is 9.47 Å². The van der Waals surface area contributed by atoms with Crippen LogP contribution >= 0.6 is 0 Å². The van der Waals surface area contributed by atoms with E-state index in [0.717, 1.165) is 30.5 Å². The standard InChI is InChI=1S/C31H37FN2O4/c1-5-37-30(36)34-27-15-14-22-23(28-18(2)38-29(35)24(28)16-25(22)31(27,3)4)13-12-20-11-10-19(17-33-20)21-8-6-7-9-26(21)32/h6-13,17-18,22-25,27-28H,5,14-16H2,1-4H3,(H,34,36)/t18-,22+,23+,24-,25+,27?,28+/m1/s1. The van der Waals surface area contributed by atoms with Crippen molar-refractivity contribution in [1.29, 1.82) is 0 Å². The van der Waals surface area contributed by atoms with E-state index in [2.05, 4.69) is 30.2 Å². The minimum Gasteiger partial charge on any atom is -0.462 e. The van der Waals surface area contributed by atoms with E-state index < -0.39 is 0 Å². The van der Waals surface area contributed by atoms with Crippen molar-refractivity contribution in [2.24, 2.45) is 35.0 Å². The fourth-order valence-electron chi connectivity index (χ4n) is 7.32. The molecule has 2 saturated carbocycles. The van der Waals surface area contributed by atoms with Crippen LogP contribution in [-0.2, 0) is 14.3 Å². The van der Waals surface area contributed by atoms with Gasteiger partial charge in [0, 0.05) is 29.3 Å². The number of pyridine rings is 1. The minimum atomic E-state index is -0.382. The number of carbonyl (C=O) groups is 2. The Morgan fingerprint density at radius 2 is 2.03 bits per heavy atom. The van der Waals surface area contributed by atoms with Crippen molar-refractivity contribution in [2.75, 3.05) is 6.61 Å². The zero-order valence-electron chi connectivity index (χ0n) is 22.5. The molecule has 2 heterocycles. The molecule has 3 fully saturated rings. The van der Waals surface area contributed by atoms with E-state index in [1.807, 2.05) is 31.2 Å². The summed E-state index contributed by atoms with van der Waals surface area (Å²) in [4.78, 5) is 29.7. The van der Waals surface area contributed by atoms with Gasteiger partial charge in [-0.15, -0.1) is 0 Å². The number of hydrogen-bond acceptors (Lipinski definition) is 5. The Labute approximate surface area is 224 Å². The van der Waals surface area contributed by atoms with Gasteiger partial charge in [-0.2, -0.15) is 0 Å². The van der Waals surface area contributed by atoms with Gasteiger partial charge in [0.15, 0.2) is 0 Å². The fourth-order valence-corrected chi connectivity index (χ4v) is 7.32. The summed E-state index contributed by atoms with van der Waals surface area (Å²) < 4.78 is 25.1. The summed E-state index contributed by atoms with van der Waals surface area (Å²) in [6, 6.07) is 10.5. The molecule has 1 amide bonds. The molecule has 0 spiro atoms. The lowest BCUT2D eigenvalue weighted by atomic mass is 9.50. The number of aromatic nitrogens is 1. The third-order valence-electron chi connectivity index (χ3n) is 9.25. The first-order chi connectivity index (χ1) is 18.2. The number of nitrogens with one attached hydrogen (secondary N) is 1. The summed E-state index contributed by atoms with van der Waals surface area (Å²) in [5, 5.41) is 3.09. The van der Waals surface area contributed by atoms with Crippen molar-refractivity contribution in [2.45, 2.75) is 59.1 Å². The number of hydrogen-bond donors (Lipinski definition) is 1. The van der Waals surface area contributed by atoms with Crippen LogP contribution in [0.1, 0.15) is 52.7 Å². The van der Waals surface area contributed by atoms with E-state index >= 15 is 0 Å². The van der Waals surface area contributed by atoms with Gasteiger partial charge in [0.2, 0.25) is 0 Å². The monoisotopic (exact) mass is 520 g/mol. The average molecular weight is 521 g/mol. The zero-order chi connectivity index (χ0) is 27.0. The quantitative estimate of drug-likeness (QED) is 0.471. The number of rotatable bonds is 5. The summed E-state index contributed by atoms with van der Waals surface area (Å²) >= 11 is 0. The van der Waals surface area contributed by atoms with Crippen LogP contribution in [0, 0.1) is 40.8 Å². The van der Waals surface area contributed by atoms with Gasteiger partial charge < -0.3 is 14.8 Å². The van der Waals surface area contributed by atoms with Gasteiger partial charge in [0.25, 0.3) is 0 Å². The number of carbonyl (C=O) groups excluding carboxylic acids is 2. The molecule has 1 aromatic carbocycles. The van der Waals surface area contributed by atoms with Crippen LogP contribution in [-0.4, -0.2) is 35.8 Å². The van der Waals surface area contributed by atoms with Crippen LogP contribution in [0.2, 0.25) is 0 Å². The number of nitrogens with zero attached hydrogens (tertiary/aromatic N) is 1. The van der Waals surface area contributed by atoms with Crippen LogP contribution in [0.5, 0.6) is 0 Å². The van der Waals surface area contributed by atoms with E-state index in [0.29, 0.717) is 18.1 Å². The number of halogens is 1. The van der Waals surface area contributed by atoms with Gasteiger partial charge in [-0.05, 0) is 74.5 Å². The molecule has 7 heteroatoms. The number of cyclic esters (lactones) is 1. The van der Waals surface area contributed by atoms with E-state index in [-0.39, 0.29) is 59.1 Å². The second kappa shape index (κ2) is 10.5. The normalized spacial score (nSPS) is 31.8. The van der Waals surface area contributed by atoms with Gasteiger partial charge in [-0.3, -0.25) is 9.78 Å². The molecule has 1 unspecified atom stereocenters. The highest BCUT2D eigenvalue weighted by atomic mass is 19.1. The molecular formula is C31H37FN2O4. The number of benzene rings is 1. The van der Waals surface area contributed by atoms with E-state index in [1.54, 1.807) is 25.3 Å². The van der Waals surface area contributed by atoms with Gasteiger partial charge in [0.05, 0.1) is 18.2 Å². The van der Waals surface area contributed by atoms with Gasteiger partial charge in [0.1, 0.15) is 11.9 Å². The highest BCUT2D eigenvalue weighted by Crippen LogP contribution is 2.58. The Bertz CT molecular complexity index is 1210. The Hall–Kier alpha value is -3.22. The highest BCUT2D eigenvalue weighted by molar-refractivity contribution is 5.76. The lowest BCUT2D eigenvalue weighted by molar-refractivity contribution is -0.145. The van der Waals surface area contributed by atoms with Crippen LogP contribution < -0.4 is 5.32 Å². The predicted molar refractivity (Wildman–Crippen MR) is 143 cm³/mol. The van der Waals surface area contributed by atoms with Crippen LogP contribution in [0.4, 0.5) is 9.18 Å². The van der Waals surface area contributed by atoms with Crippen molar-refractivity contribution in [3.8, 4) is 11.1 Å². The SMILES string of the molecule is CCOC(=O)NC1CC[C@H]2[C@H](C=Cc3ccc(-c4ccccc4F)cn3)[C@@H]3[C@@H](C)OC(=O)[C@@H]3C[C@@H]2C1(C)C. The van der Waals surface area contributed by atoms with Crippen LogP contribution in [0.15, 0.2) is 48.7 Å². The summed E-state index contributed by atoms with van der Waals surface area (Å²) in [7, 11) is 0. The maximum absolute atomic E-state index is 14.2. The third kappa shape index (κ3) is 4.83. The average Bonchev–Trinajstić information content (AvgIpc) is 3.18. The Morgan fingerprint density at radius 1 is 1.24 bits per heavy atom. The largest absolute Gasteiger partial charge is 0.462 e. The first-order valence-electron chi connectivity index (χ1n) is 13.7. The summed E-state index contributed by atoms with van der Waals surface area (Å²) in [5.41, 5.74) is 1.84. The molecule has 1 N–H and O–H groups in total. The van der Waals surface area contributed by atoms with Gasteiger partial charge >= 0.3 is 12.1 Å². The summed E-state index contributed by atoms with van der Waals surface area (Å²) in [6.07, 6.45) is 7.99. The van der Waals surface area contributed by atoms with Crippen LogP contribution in [0.25, 0.3) is 17.2 Å². The molecule has 38 heavy (non-hydrogen) atoms. The fraction of sp³-hybridized carbons (Fsp3) is 0.516. The lowest BCUT2D eigenvalue weighted by Crippen LogP contribution is -2.57. The van der Waals surface area contributed by atoms with Crippen molar-refractivity contribution < 1.29 is 23.5 Å². The smallest absolute Gasteiger partial charge is 0.407 e. The van der Waals surface area contributed by atoms with E-state index in [1.165, 1.54) is 6.07 Å². The highest BCUT2D eigenvalue weighted by Gasteiger charge is 2.59. The van der Waals surface area contributed by atoms with Crippen molar-refractivity contribution >= 4 is 18.1 Å². The number of esters is 1. The first-order valence-corrected chi connectivity index (χ1v) is 13.7. The van der Waals surface area contributed by atoms with Gasteiger partial charge in [-0.1, -0.05) is 44.2 Å². The second-order valence-corrected chi connectivity index (χ2v) is 11.5. The van der Waals surface area contributed by atoms with Gasteiger partial charge in [-0.25, -0.2) is 9.18 Å². The second-order valence-electron chi connectivity index (χ2n) is 11.5. The van der Waals surface area contributed by atoms with Crippen molar-refractivity contribution in [3.05, 3.63) is 60.2 Å². The molecule has 6 nitrogen and oxygen atoms in total. The maximum atomic E-state index is 14.2. The molecule has 3 aliphatic rings. The third-order valence-corrected chi connectivity index (χ3v) is 9.25. The Morgan fingerprint density at radius 3 is 2.74 bits per heavy atom. The molecule has 1 saturated heterocycles. The number of fused-ring (bicyclic) bond motifs is 2. The molecule has 202 valence electrons. The van der Waals surface area contributed by atoms with Crippen molar-refractivity contribution in [1.82, 2.24) is 10.3 Å². The number of alkyl carbamates (subject to hydrolysis) is 1. The maximum Gasteiger partial charge on any atom is 0.407 e. The number of ether oxygens (including phenoxy) is 2. The number of amides is 1. The van der Waals surface area contributed by atoms with Crippen LogP contribution in [0.3, 0.4) is 0 Å². The lowest BCUT2D eigenvalue weighted by Gasteiger charge is -2.55. The minimum absolute atomic E-state index is 0.0218. The molecule has 2 aromatic rings. The molecule has 0 radical (unpaired) electrons. The molecule has 5 rings (SSSR count). The molecule has 2 aliphatic carbocycles. The Kier molecular flexibility index (Phi) is 7.30.